The monoisotopic (exact) mass is 503 g/mol. The lowest BCUT2D eigenvalue weighted by Gasteiger charge is -2.14. The van der Waals surface area contributed by atoms with Gasteiger partial charge in [0.2, 0.25) is 7.59 Å². The number of benzene rings is 1. The number of ether oxygens (including phenoxy) is 2. The summed E-state index contributed by atoms with van der Waals surface area (Å²) in [7, 11) is 1.57. The first-order chi connectivity index (χ1) is 13.0. The maximum Gasteiger partial charge on any atom is 0.250 e. The Morgan fingerprint density at radius 3 is 1.93 bits per heavy atom. The van der Waals surface area contributed by atoms with Gasteiger partial charge in [0.15, 0.2) is 17.5 Å². The summed E-state index contributed by atoms with van der Waals surface area (Å²) in [6.07, 6.45) is 4.17. The molecule has 0 radical (unpaired) electrons. The number of halogens is 6. The van der Waals surface area contributed by atoms with Crippen molar-refractivity contribution in [2.45, 2.75) is 20.9 Å². The van der Waals surface area contributed by atoms with E-state index in [4.69, 9.17) is 79.1 Å². The molecule has 0 atom stereocenters. The van der Waals surface area contributed by atoms with Crippen molar-refractivity contribution in [2.24, 2.45) is 0 Å². The van der Waals surface area contributed by atoms with Crippen LogP contribution in [0, 0.1) is 0 Å². The zero-order chi connectivity index (χ0) is 20.9. The molecule has 0 unspecified atom stereocenters. The highest BCUT2D eigenvalue weighted by molar-refractivity contribution is 6.67. The molecule has 1 aromatic heterocycles. The first-order valence-electron chi connectivity index (χ1n) is 7.93. The molecular weight excluding hydrogens is 491 g/mol. The molecular formula is C17H15Cl6N3O2. The van der Waals surface area contributed by atoms with E-state index in [9.17, 15) is 0 Å². The summed E-state index contributed by atoms with van der Waals surface area (Å²) < 4.78 is 7.13. The van der Waals surface area contributed by atoms with Gasteiger partial charge in [0.25, 0.3) is 0 Å². The van der Waals surface area contributed by atoms with Gasteiger partial charge < -0.3 is 9.47 Å². The number of hydrogen-bond acceptors (Lipinski definition) is 5. The number of alkyl halides is 6. The van der Waals surface area contributed by atoms with Crippen molar-refractivity contribution in [3.05, 3.63) is 41.2 Å². The molecule has 1 heterocycles. The molecule has 28 heavy (non-hydrogen) atoms. The summed E-state index contributed by atoms with van der Waals surface area (Å²) in [5.74, 6) is 1.13. The van der Waals surface area contributed by atoms with E-state index in [1.54, 1.807) is 25.3 Å². The van der Waals surface area contributed by atoms with Crippen molar-refractivity contribution in [2.75, 3.05) is 13.7 Å². The molecule has 11 heteroatoms. The fourth-order valence-electron chi connectivity index (χ4n) is 2.00. The number of nitrogens with zero attached hydrogens (tertiary/aromatic N) is 3. The third kappa shape index (κ3) is 6.97. The summed E-state index contributed by atoms with van der Waals surface area (Å²) in [5.41, 5.74) is 0.775. The second-order valence-corrected chi connectivity index (χ2v) is 10.0. The Bertz CT molecular complexity index is 818. The second-order valence-electron chi connectivity index (χ2n) is 5.46. The van der Waals surface area contributed by atoms with Crippen molar-refractivity contribution in [3.63, 3.8) is 0 Å². The normalized spacial score (nSPS) is 12.4. The third-order valence-electron chi connectivity index (χ3n) is 3.20. The number of hydrogen-bond donors (Lipinski definition) is 0. The maximum absolute atomic E-state index is 5.87. The molecule has 0 aliphatic heterocycles. The summed E-state index contributed by atoms with van der Waals surface area (Å²) in [6, 6.07) is 5.43. The average molecular weight is 506 g/mol. The first kappa shape index (κ1) is 23.6. The van der Waals surface area contributed by atoms with Gasteiger partial charge in [-0.1, -0.05) is 82.6 Å². The van der Waals surface area contributed by atoms with Crippen LogP contribution < -0.4 is 9.47 Å². The van der Waals surface area contributed by atoms with E-state index in [-0.39, 0.29) is 17.5 Å². The van der Waals surface area contributed by atoms with Crippen LogP contribution in [0.1, 0.15) is 36.4 Å². The van der Waals surface area contributed by atoms with Gasteiger partial charge in [0.1, 0.15) is 11.5 Å². The van der Waals surface area contributed by atoms with Crippen LogP contribution in [0.25, 0.3) is 12.2 Å². The van der Waals surface area contributed by atoms with E-state index in [0.717, 1.165) is 12.0 Å². The molecule has 0 saturated carbocycles. The summed E-state index contributed by atoms with van der Waals surface area (Å²) in [6.45, 7) is 2.61. The van der Waals surface area contributed by atoms with Crippen molar-refractivity contribution >= 4 is 81.8 Å². The quantitative estimate of drug-likeness (QED) is 0.420. The third-order valence-corrected chi connectivity index (χ3v) is 4.21. The predicted octanol–water partition coefficient (Wildman–Crippen LogP) is 6.49. The number of aromatic nitrogens is 3. The van der Waals surface area contributed by atoms with Crippen LogP contribution in [-0.2, 0) is 7.59 Å². The standard InChI is InChI=1S/C17H15Cl6N3O2/c1-3-6-28-12-8-10(7-11(9-12)27-2)4-5-13-24-14(16(18,19)20)26-15(25-13)17(21,22)23/h4-5,7-9H,3,6H2,1-2H3. The number of methoxy groups -OCH3 is 1. The molecule has 2 aromatic rings. The van der Waals surface area contributed by atoms with Crippen molar-refractivity contribution in [1.29, 1.82) is 0 Å². The van der Waals surface area contributed by atoms with Gasteiger partial charge >= 0.3 is 0 Å². The van der Waals surface area contributed by atoms with E-state index < -0.39 is 7.59 Å². The van der Waals surface area contributed by atoms with Crippen molar-refractivity contribution in [3.8, 4) is 11.5 Å². The molecule has 152 valence electrons. The molecule has 0 N–H and O–H groups in total. The van der Waals surface area contributed by atoms with Crippen molar-refractivity contribution in [1.82, 2.24) is 15.0 Å². The topological polar surface area (TPSA) is 57.1 Å². The Morgan fingerprint density at radius 1 is 0.857 bits per heavy atom. The van der Waals surface area contributed by atoms with Gasteiger partial charge in [-0.3, -0.25) is 0 Å². The highest BCUT2D eigenvalue weighted by Crippen LogP contribution is 2.40. The molecule has 0 aliphatic carbocycles. The van der Waals surface area contributed by atoms with Crippen LogP contribution in [0.2, 0.25) is 0 Å². The summed E-state index contributed by atoms with van der Waals surface area (Å²) in [4.78, 5) is 12.1. The van der Waals surface area contributed by atoms with Crippen LogP contribution in [0.5, 0.6) is 11.5 Å². The molecule has 0 spiro atoms. The van der Waals surface area contributed by atoms with Gasteiger partial charge in [-0.15, -0.1) is 0 Å². The maximum atomic E-state index is 5.87. The first-order valence-corrected chi connectivity index (χ1v) is 10.2. The molecule has 5 nitrogen and oxygen atoms in total. The molecule has 0 aliphatic rings. The molecule has 0 saturated heterocycles. The summed E-state index contributed by atoms with van der Waals surface area (Å²) >= 11 is 35.2. The lowest BCUT2D eigenvalue weighted by Crippen LogP contribution is -2.16. The van der Waals surface area contributed by atoms with E-state index in [0.29, 0.717) is 18.1 Å². The Balaban J connectivity index is 2.42. The van der Waals surface area contributed by atoms with Crippen LogP contribution in [0.3, 0.4) is 0 Å². The highest BCUT2D eigenvalue weighted by atomic mass is 35.6. The van der Waals surface area contributed by atoms with E-state index in [1.807, 2.05) is 19.1 Å². The zero-order valence-corrected chi connectivity index (χ0v) is 19.3. The SMILES string of the molecule is CCCOc1cc(C=Cc2nc(C(Cl)(Cl)Cl)nc(C(Cl)(Cl)Cl)n2)cc(OC)c1. The Hall–Kier alpha value is -0.690. The smallest absolute Gasteiger partial charge is 0.250 e. The minimum absolute atomic E-state index is 0.150. The average Bonchev–Trinajstić information content (AvgIpc) is 2.63. The Morgan fingerprint density at radius 2 is 1.43 bits per heavy atom. The number of rotatable bonds is 6. The van der Waals surface area contributed by atoms with Gasteiger partial charge in [0, 0.05) is 6.07 Å². The van der Waals surface area contributed by atoms with Crippen LogP contribution in [0.15, 0.2) is 18.2 Å². The predicted molar refractivity (Wildman–Crippen MR) is 116 cm³/mol. The largest absolute Gasteiger partial charge is 0.497 e. The van der Waals surface area contributed by atoms with E-state index in [1.165, 1.54) is 0 Å². The summed E-state index contributed by atoms with van der Waals surface area (Å²) in [5, 5.41) is 0. The van der Waals surface area contributed by atoms with Gasteiger partial charge in [-0.05, 0) is 30.2 Å². The fourth-order valence-corrected chi connectivity index (χ4v) is 2.51. The van der Waals surface area contributed by atoms with Gasteiger partial charge in [-0.2, -0.15) is 0 Å². The zero-order valence-electron chi connectivity index (χ0n) is 14.7. The van der Waals surface area contributed by atoms with Crippen LogP contribution in [0.4, 0.5) is 0 Å². The van der Waals surface area contributed by atoms with E-state index >= 15 is 0 Å². The Labute approximate surface area is 192 Å². The minimum atomic E-state index is -1.91. The van der Waals surface area contributed by atoms with Crippen LogP contribution >= 0.6 is 69.6 Å². The molecule has 0 bridgehead atoms. The minimum Gasteiger partial charge on any atom is -0.497 e. The lowest BCUT2D eigenvalue weighted by atomic mass is 10.2. The van der Waals surface area contributed by atoms with Crippen molar-refractivity contribution < 1.29 is 9.47 Å². The van der Waals surface area contributed by atoms with E-state index in [2.05, 4.69) is 15.0 Å². The highest BCUT2D eigenvalue weighted by Gasteiger charge is 2.33. The van der Waals surface area contributed by atoms with Gasteiger partial charge in [-0.25, -0.2) is 15.0 Å². The fraction of sp³-hybridized carbons (Fsp3) is 0.353. The molecule has 0 fully saturated rings. The molecule has 2 rings (SSSR count). The lowest BCUT2D eigenvalue weighted by molar-refractivity contribution is 0.314. The van der Waals surface area contributed by atoms with Crippen LogP contribution in [-0.4, -0.2) is 28.7 Å². The van der Waals surface area contributed by atoms with Gasteiger partial charge in [0.05, 0.1) is 13.7 Å². The molecule has 0 amide bonds. The Kier molecular flexibility index (Phi) is 8.32. The molecule has 1 aromatic carbocycles. The second kappa shape index (κ2) is 9.88.